The lowest BCUT2D eigenvalue weighted by molar-refractivity contribution is 0.195. The number of hydrogen-bond acceptors (Lipinski definition) is 3. The Bertz CT molecular complexity index is 649. The molecule has 1 unspecified atom stereocenters. The number of aliphatic hydroxyl groups is 1. The van der Waals surface area contributed by atoms with Crippen molar-refractivity contribution in [3.8, 4) is 0 Å². The van der Waals surface area contributed by atoms with Gasteiger partial charge >= 0.3 is 0 Å². The van der Waals surface area contributed by atoms with Crippen molar-refractivity contribution in [2.45, 2.75) is 57.9 Å². The normalized spacial score (nSPS) is 19.4. The van der Waals surface area contributed by atoms with E-state index in [2.05, 4.69) is 47.6 Å². The summed E-state index contributed by atoms with van der Waals surface area (Å²) in [5.41, 5.74) is 2.39. The first-order valence-corrected chi connectivity index (χ1v) is 9.50. The van der Waals surface area contributed by atoms with Crippen LogP contribution in [0.4, 0.5) is 0 Å². The molecule has 2 aromatic rings. The van der Waals surface area contributed by atoms with Gasteiger partial charge in [-0.3, -0.25) is 0 Å². The smallest absolute Gasteiger partial charge is 0.114 e. The van der Waals surface area contributed by atoms with Crippen LogP contribution in [0, 0.1) is 0 Å². The third-order valence-electron chi connectivity index (χ3n) is 5.14. The maximum Gasteiger partial charge on any atom is 0.114 e. The molecule has 0 radical (unpaired) electrons. The van der Waals surface area contributed by atoms with E-state index in [0.29, 0.717) is 18.6 Å². The van der Waals surface area contributed by atoms with Crippen LogP contribution in [0.1, 0.15) is 63.7 Å². The Labute approximate surface area is 145 Å². The Kier molecular flexibility index (Phi) is 5.90. The molecule has 0 spiro atoms. The summed E-state index contributed by atoms with van der Waals surface area (Å²) in [6.07, 6.45) is 5.74. The van der Waals surface area contributed by atoms with E-state index in [4.69, 9.17) is 10.1 Å². The molecule has 1 atom stereocenters. The van der Waals surface area contributed by atoms with Gasteiger partial charge in [0.05, 0.1) is 11.0 Å². The van der Waals surface area contributed by atoms with Crippen molar-refractivity contribution >= 4 is 11.0 Å². The largest absolute Gasteiger partial charge is 0.396 e. The topological polar surface area (TPSA) is 41.3 Å². The molecule has 1 aromatic carbocycles. The van der Waals surface area contributed by atoms with Crippen LogP contribution < -0.4 is 0 Å². The zero-order chi connectivity index (χ0) is 16.9. The van der Waals surface area contributed by atoms with Crippen LogP contribution in [0.25, 0.3) is 11.0 Å². The summed E-state index contributed by atoms with van der Waals surface area (Å²) in [7, 11) is 0. The first-order chi connectivity index (χ1) is 11.7. The number of piperidine rings is 1. The van der Waals surface area contributed by atoms with Crippen molar-refractivity contribution in [1.82, 2.24) is 14.5 Å². The van der Waals surface area contributed by atoms with Crippen LogP contribution in [0.5, 0.6) is 0 Å². The highest BCUT2D eigenvalue weighted by Gasteiger charge is 2.26. The highest BCUT2D eigenvalue weighted by molar-refractivity contribution is 5.76. The molecule has 0 saturated carbocycles. The Morgan fingerprint density at radius 1 is 1.21 bits per heavy atom. The van der Waals surface area contributed by atoms with E-state index in [-0.39, 0.29) is 0 Å². The molecule has 2 heterocycles. The molecular formula is C20H31N3O. The monoisotopic (exact) mass is 329 g/mol. The molecule has 4 nitrogen and oxygen atoms in total. The summed E-state index contributed by atoms with van der Waals surface area (Å²) in [4.78, 5) is 7.60. The van der Waals surface area contributed by atoms with Crippen LogP contribution in [-0.2, 0) is 0 Å². The molecule has 132 valence electrons. The summed E-state index contributed by atoms with van der Waals surface area (Å²) in [6, 6.07) is 8.96. The highest BCUT2D eigenvalue weighted by Crippen LogP contribution is 2.31. The lowest BCUT2D eigenvalue weighted by atomic mass is 9.96. The van der Waals surface area contributed by atoms with Gasteiger partial charge in [-0.05, 0) is 71.2 Å². The minimum absolute atomic E-state index is 0.320. The number of aliphatic hydroxyl groups excluding tert-OH is 1. The minimum atomic E-state index is 0.320. The molecule has 1 aliphatic rings. The van der Waals surface area contributed by atoms with Crippen molar-refractivity contribution in [2.24, 2.45) is 0 Å². The molecule has 1 N–H and O–H groups in total. The molecule has 1 fully saturated rings. The van der Waals surface area contributed by atoms with Crippen molar-refractivity contribution in [1.29, 1.82) is 0 Å². The van der Waals surface area contributed by atoms with Crippen LogP contribution in [0.3, 0.4) is 0 Å². The summed E-state index contributed by atoms with van der Waals surface area (Å²) >= 11 is 0. The Hall–Kier alpha value is -1.39. The summed E-state index contributed by atoms with van der Waals surface area (Å²) in [6.45, 7) is 8.31. The number of para-hydroxylation sites is 2. The van der Waals surface area contributed by atoms with Gasteiger partial charge in [-0.1, -0.05) is 12.1 Å². The van der Waals surface area contributed by atoms with E-state index in [9.17, 15) is 0 Å². The molecule has 0 aliphatic carbocycles. The van der Waals surface area contributed by atoms with E-state index in [1.807, 2.05) is 0 Å². The number of likely N-dealkylation sites (tertiary alicyclic amines) is 1. The van der Waals surface area contributed by atoms with Gasteiger partial charge < -0.3 is 14.6 Å². The molecule has 1 aromatic heterocycles. The van der Waals surface area contributed by atoms with E-state index in [1.54, 1.807) is 0 Å². The van der Waals surface area contributed by atoms with Gasteiger partial charge in [-0.2, -0.15) is 0 Å². The second-order valence-corrected chi connectivity index (χ2v) is 7.35. The van der Waals surface area contributed by atoms with Gasteiger partial charge in [0.1, 0.15) is 5.82 Å². The lowest BCUT2D eigenvalue weighted by Gasteiger charge is -2.33. The molecule has 0 amide bonds. The molecule has 24 heavy (non-hydrogen) atoms. The first kappa shape index (κ1) is 17.4. The second kappa shape index (κ2) is 8.13. The quantitative estimate of drug-likeness (QED) is 0.782. The summed E-state index contributed by atoms with van der Waals surface area (Å²) in [5, 5.41) is 8.92. The van der Waals surface area contributed by atoms with E-state index >= 15 is 0 Å². The molecule has 3 rings (SSSR count). The minimum Gasteiger partial charge on any atom is -0.396 e. The third kappa shape index (κ3) is 3.81. The maximum atomic E-state index is 8.92. The van der Waals surface area contributed by atoms with Crippen LogP contribution in [0.15, 0.2) is 24.3 Å². The average molecular weight is 329 g/mol. The third-order valence-corrected chi connectivity index (χ3v) is 5.14. The number of fused-ring (bicyclic) bond motifs is 1. The zero-order valence-corrected chi connectivity index (χ0v) is 15.1. The first-order valence-electron chi connectivity index (χ1n) is 9.50. The standard InChI is InChI=1S/C20H31N3O/c1-16(2)23-19-11-5-4-10-18(19)21-20(23)17-9-8-13-22(15-17)12-6-3-7-14-24/h4-5,10-11,16-17,24H,3,6-9,12-15H2,1-2H3. The fraction of sp³-hybridized carbons (Fsp3) is 0.650. The van der Waals surface area contributed by atoms with E-state index in [1.165, 1.54) is 37.1 Å². The summed E-state index contributed by atoms with van der Waals surface area (Å²) in [5.74, 6) is 1.80. The number of imidazole rings is 1. The van der Waals surface area contributed by atoms with Crippen LogP contribution >= 0.6 is 0 Å². The summed E-state index contributed by atoms with van der Waals surface area (Å²) < 4.78 is 2.44. The van der Waals surface area contributed by atoms with Crippen LogP contribution in [-0.4, -0.2) is 45.8 Å². The fourth-order valence-corrected chi connectivity index (χ4v) is 3.99. The second-order valence-electron chi connectivity index (χ2n) is 7.35. The van der Waals surface area contributed by atoms with Gasteiger partial charge in [0, 0.05) is 25.1 Å². The van der Waals surface area contributed by atoms with E-state index in [0.717, 1.165) is 31.4 Å². The van der Waals surface area contributed by atoms with E-state index < -0.39 is 0 Å². The number of nitrogens with zero attached hydrogens (tertiary/aromatic N) is 3. The molecule has 1 aliphatic heterocycles. The fourth-order valence-electron chi connectivity index (χ4n) is 3.99. The molecule has 1 saturated heterocycles. The highest BCUT2D eigenvalue weighted by atomic mass is 16.2. The number of benzene rings is 1. The van der Waals surface area contributed by atoms with Crippen molar-refractivity contribution in [3.63, 3.8) is 0 Å². The van der Waals surface area contributed by atoms with Gasteiger partial charge in [-0.25, -0.2) is 4.98 Å². The number of unbranched alkanes of at least 4 members (excludes halogenated alkanes) is 2. The number of aromatic nitrogens is 2. The lowest BCUT2D eigenvalue weighted by Crippen LogP contribution is -2.36. The Morgan fingerprint density at radius 2 is 2.04 bits per heavy atom. The van der Waals surface area contributed by atoms with Crippen molar-refractivity contribution in [2.75, 3.05) is 26.2 Å². The molecular weight excluding hydrogens is 298 g/mol. The predicted molar refractivity (Wildman–Crippen MR) is 99.5 cm³/mol. The SMILES string of the molecule is CC(C)n1c(C2CCCN(CCCCCO)C2)nc2ccccc21. The Morgan fingerprint density at radius 3 is 2.83 bits per heavy atom. The van der Waals surface area contributed by atoms with Crippen molar-refractivity contribution < 1.29 is 5.11 Å². The van der Waals surface area contributed by atoms with Crippen LogP contribution in [0.2, 0.25) is 0 Å². The van der Waals surface area contributed by atoms with Gasteiger partial charge in [0.25, 0.3) is 0 Å². The van der Waals surface area contributed by atoms with Gasteiger partial charge in [0.2, 0.25) is 0 Å². The van der Waals surface area contributed by atoms with Gasteiger partial charge in [0.15, 0.2) is 0 Å². The zero-order valence-electron chi connectivity index (χ0n) is 15.1. The predicted octanol–water partition coefficient (Wildman–Crippen LogP) is 3.96. The maximum absolute atomic E-state index is 8.92. The number of rotatable bonds is 7. The van der Waals surface area contributed by atoms with Gasteiger partial charge in [-0.15, -0.1) is 0 Å². The Balaban J connectivity index is 1.75. The van der Waals surface area contributed by atoms with Crippen molar-refractivity contribution in [3.05, 3.63) is 30.1 Å². The average Bonchev–Trinajstić information content (AvgIpc) is 2.99. The number of hydrogen-bond donors (Lipinski definition) is 1. The molecule has 0 bridgehead atoms. The molecule has 4 heteroatoms.